The quantitative estimate of drug-likeness (QED) is 0.388. The summed E-state index contributed by atoms with van der Waals surface area (Å²) in [5, 5.41) is 7.24. The first-order valence-corrected chi connectivity index (χ1v) is 3.30. The van der Waals surface area contributed by atoms with Crippen LogP contribution in [0.15, 0.2) is 21.9 Å². The number of allylic oxidation sites excluding steroid dienone is 2. The predicted molar refractivity (Wildman–Crippen MR) is 55.6 cm³/mol. The molecule has 0 aromatic carbocycles. The van der Waals surface area contributed by atoms with Gasteiger partial charge in [0.15, 0.2) is 0 Å². The molecule has 12 heavy (non-hydrogen) atoms. The van der Waals surface area contributed by atoms with Gasteiger partial charge < -0.3 is 11.5 Å². The van der Waals surface area contributed by atoms with Gasteiger partial charge in [-0.2, -0.15) is 5.10 Å². The van der Waals surface area contributed by atoms with E-state index in [9.17, 15) is 0 Å². The van der Waals surface area contributed by atoms with E-state index in [1.165, 1.54) is 0 Å². The van der Waals surface area contributed by atoms with Crippen molar-refractivity contribution in [1.82, 2.24) is 0 Å². The van der Waals surface area contributed by atoms with E-state index in [0.29, 0.717) is 0 Å². The van der Waals surface area contributed by atoms with E-state index in [4.69, 9.17) is 11.5 Å². The molecule has 4 nitrogen and oxygen atoms in total. The highest BCUT2D eigenvalue weighted by Gasteiger charge is 1.83. The van der Waals surface area contributed by atoms with Crippen molar-refractivity contribution in [2.75, 3.05) is 0 Å². The van der Waals surface area contributed by atoms with E-state index >= 15 is 0 Å². The zero-order valence-electron chi connectivity index (χ0n) is 7.53. The predicted octanol–water partition coefficient (Wildman–Crippen LogP) is 1.02. The number of nitrogens with zero attached hydrogens (tertiary/aromatic N) is 2. The minimum Gasteiger partial charge on any atom is -0.369 e. The minimum absolute atomic E-state index is 0. The number of hydrogen-bond acceptors (Lipinski definition) is 2. The molecule has 0 amide bonds. The lowest BCUT2D eigenvalue weighted by Gasteiger charge is -1.89. The Bertz CT molecular complexity index is 209. The van der Waals surface area contributed by atoms with Crippen LogP contribution in [0, 0.1) is 0 Å². The highest BCUT2D eigenvalue weighted by molar-refractivity contribution is 5.93. The first-order chi connectivity index (χ1) is 5.02. The summed E-state index contributed by atoms with van der Waals surface area (Å²) in [5.41, 5.74) is 12.1. The average Bonchev–Trinajstić information content (AvgIpc) is 1.82. The van der Waals surface area contributed by atoms with Gasteiger partial charge in [0.25, 0.3) is 0 Å². The second kappa shape index (κ2) is 6.67. The van der Waals surface area contributed by atoms with Gasteiger partial charge in [0.1, 0.15) is 0 Å². The number of halogens is 1. The van der Waals surface area contributed by atoms with Crippen LogP contribution in [-0.2, 0) is 0 Å². The number of guanidine groups is 1. The van der Waals surface area contributed by atoms with Crippen molar-refractivity contribution in [1.29, 1.82) is 0 Å². The molecular weight excluding hydrogens is 176 g/mol. The molecule has 0 heterocycles. The first-order valence-electron chi connectivity index (χ1n) is 3.30. The van der Waals surface area contributed by atoms with E-state index in [1.807, 2.05) is 26.8 Å². The van der Waals surface area contributed by atoms with Crippen LogP contribution in [0.25, 0.3) is 0 Å². The van der Waals surface area contributed by atoms with Crippen LogP contribution in [0.3, 0.4) is 0 Å². The third kappa shape index (κ3) is 8.97. The van der Waals surface area contributed by atoms with E-state index in [2.05, 4.69) is 10.2 Å². The molecule has 0 saturated carbocycles. The third-order valence-corrected chi connectivity index (χ3v) is 0.821. The summed E-state index contributed by atoms with van der Waals surface area (Å²) in [6.07, 6.45) is 1.90. The maximum Gasteiger partial charge on any atom is 0.211 e. The molecule has 0 saturated heterocycles. The van der Waals surface area contributed by atoms with Crippen molar-refractivity contribution in [3.63, 3.8) is 0 Å². The summed E-state index contributed by atoms with van der Waals surface area (Å²) in [6.45, 7) is 5.79. The van der Waals surface area contributed by atoms with Crippen LogP contribution in [-0.4, -0.2) is 11.7 Å². The zero-order valence-corrected chi connectivity index (χ0v) is 8.35. The molecule has 0 radical (unpaired) electrons. The Morgan fingerprint density at radius 2 is 1.58 bits per heavy atom. The smallest absolute Gasteiger partial charge is 0.211 e. The SMILES string of the molecule is CC(C)=C/C(C)=N/N=C(N)N.Cl. The topological polar surface area (TPSA) is 76.8 Å². The van der Waals surface area contributed by atoms with Gasteiger partial charge in [-0.15, -0.1) is 17.5 Å². The second-order valence-electron chi connectivity index (χ2n) is 2.49. The maximum atomic E-state index is 5.07. The Hall–Kier alpha value is -1.03. The molecule has 0 atom stereocenters. The van der Waals surface area contributed by atoms with E-state index in [0.717, 1.165) is 11.3 Å². The molecule has 4 N–H and O–H groups in total. The van der Waals surface area contributed by atoms with Crippen molar-refractivity contribution >= 4 is 24.1 Å². The molecule has 70 valence electrons. The summed E-state index contributed by atoms with van der Waals surface area (Å²) in [7, 11) is 0. The fourth-order valence-electron chi connectivity index (χ4n) is 0.583. The summed E-state index contributed by atoms with van der Waals surface area (Å²) < 4.78 is 0. The van der Waals surface area contributed by atoms with Gasteiger partial charge in [0, 0.05) is 0 Å². The van der Waals surface area contributed by atoms with Crippen molar-refractivity contribution in [2.24, 2.45) is 21.7 Å². The molecule has 0 aliphatic carbocycles. The maximum absolute atomic E-state index is 5.07. The Kier molecular flexibility index (Phi) is 7.53. The summed E-state index contributed by atoms with van der Waals surface area (Å²) >= 11 is 0. The Morgan fingerprint density at radius 3 is 1.92 bits per heavy atom. The molecule has 0 rings (SSSR count). The summed E-state index contributed by atoms with van der Waals surface area (Å²) in [4.78, 5) is 0. The molecule has 5 heteroatoms. The molecular formula is C7H15ClN4. The molecule has 0 aromatic rings. The van der Waals surface area contributed by atoms with E-state index in [1.54, 1.807) is 0 Å². The highest BCUT2D eigenvalue weighted by atomic mass is 35.5. The molecule has 0 aromatic heterocycles. The van der Waals surface area contributed by atoms with Crippen molar-refractivity contribution in [3.05, 3.63) is 11.6 Å². The third-order valence-electron chi connectivity index (χ3n) is 0.821. The van der Waals surface area contributed by atoms with Crippen molar-refractivity contribution in [2.45, 2.75) is 20.8 Å². The number of nitrogens with two attached hydrogens (primary N) is 2. The largest absolute Gasteiger partial charge is 0.369 e. The van der Waals surface area contributed by atoms with Gasteiger partial charge in [-0.1, -0.05) is 5.57 Å². The zero-order chi connectivity index (χ0) is 8.85. The van der Waals surface area contributed by atoms with Gasteiger partial charge in [-0.3, -0.25) is 0 Å². The van der Waals surface area contributed by atoms with E-state index in [-0.39, 0.29) is 18.4 Å². The number of hydrogen-bond donors (Lipinski definition) is 2. The van der Waals surface area contributed by atoms with Gasteiger partial charge in [-0.25, -0.2) is 0 Å². The average molecular weight is 191 g/mol. The molecule has 0 unspecified atom stereocenters. The van der Waals surface area contributed by atoms with Gasteiger partial charge in [0.05, 0.1) is 5.71 Å². The van der Waals surface area contributed by atoms with Crippen LogP contribution in [0.2, 0.25) is 0 Å². The van der Waals surface area contributed by atoms with Crippen LogP contribution in [0.5, 0.6) is 0 Å². The fourth-order valence-corrected chi connectivity index (χ4v) is 0.583. The fraction of sp³-hybridized carbons (Fsp3) is 0.429. The van der Waals surface area contributed by atoms with Crippen LogP contribution < -0.4 is 11.5 Å². The van der Waals surface area contributed by atoms with E-state index < -0.39 is 0 Å². The minimum atomic E-state index is -0.0218. The Morgan fingerprint density at radius 1 is 1.08 bits per heavy atom. The van der Waals surface area contributed by atoms with Crippen LogP contribution in [0.4, 0.5) is 0 Å². The molecule has 0 spiro atoms. The Labute approximate surface area is 78.8 Å². The van der Waals surface area contributed by atoms with Crippen molar-refractivity contribution < 1.29 is 0 Å². The lowest BCUT2D eigenvalue weighted by atomic mass is 10.3. The second-order valence-corrected chi connectivity index (χ2v) is 2.49. The van der Waals surface area contributed by atoms with Crippen LogP contribution >= 0.6 is 12.4 Å². The molecule has 0 fully saturated rings. The monoisotopic (exact) mass is 190 g/mol. The Balaban J connectivity index is 0. The van der Waals surface area contributed by atoms with Crippen LogP contribution in [0.1, 0.15) is 20.8 Å². The summed E-state index contributed by atoms with van der Waals surface area (Å²) in [6, 6.07) is 0. The summed E-state index contributed by atoms with van der Waals surface area (Å²) in [5.74, 6) is -0.0218. The molecule has 0 bridgehead atoms. The lowest BCUT2D eigenvalue weighted by Crippen LogP contribution is -2.21. The van der Waals surface area contributed by atoms with Crippen molar-refractivity contribution in [3.8, 4) is 0 Å². The first kappa shape index (κ1) is 13.6. The van der Waals surface area contributed by atoms with Gasteiger partial charge >= 0.3 is 0 Å². The highest BCUT2D eigenvalue weighted by Crippen LogP contribution is 1.90. The normalized spacial score (nSPS) is 9.75. The molecule has 0 aliphatic rings. The number of rotatable bonds is 2. The van der Waals surface area contributed by atoms with Gasteiger partial charge in [0.2, 0.25) is 5.96 Å². The molecule has 0 aliphatic heterocycles. The standard InChI is InChI=1S/C7H14N4.ClH/c1-5(2)4-6(3)10-11-7(8)9;/h4H,1-3H3,(H4,8,9,11);1H/b10-6+;. The lowest BCUT2D eigenvalue weighted by molar-refractivity contribution is 1.20. The van der Waals surface area contributed by atoms with Gasteiger partial charge in [-0.05, 0) is 26.8 Å².